The van der Waals surface area contributed by atoms with Crippen LogP contribution in [-0.4, -0.2) is 26.0 Å². The summed E-state index contributed by atoms with van der Waals surface area (Å²) in [4.78, 5) is 24.2. The fourth-order valence-corrected chi connectivity index (χ4v) is 1.99. The number of carbonyl (C=O) groups excluding carboxylic acids is 2. The van der Waals surface area contributed by atoms with Crippen LogP contribution in [0.3, 0.4) is 0 Å². The molecule has 0 saturated heterocycles. The molecule has 2 rings (SSSR count). The Balaban J connectivity index is 2.44. The number of rotatable bonds is 7. The predicted octanol–water partition coefficient (Wildman–Crippen LogP) is 3.51. The van der Waals surface area contributed by atoms with Gasteiger partial charge in [0, 0.05) is 18.6 Å². The predicted molar refractivity (Wildman–Crippen MR) is 87.5 cm³/mol. The summed E-state index contributed by atoms with van der Waals surface area (Å²) < 4.78 is 20.8. The minimum Gasteiger partial charge on any atom is -0.496 e. The molecule has 6 heteroatoms. The van der Waals surface area contributed by atoms with Gasteiger partial charge in [-0.1, -0.05) is 6.92 Å². The van der Waals surface area contributed by atoms with Crippen LogP contribution in [0.2, 0.25) is 0 Å². The van der Waals surface area contributed by atoms with E-state index in [9.17, 15) is 9.59 Å². The summed E-state index contributed by atoms with van der Waals surface area (Å²) in [7, 11) is 2.89. The van der Waals surface area contributed by atoms with Crippen LogP contribution in [-0.2, 0) is 4.79 Å². The fourth-order valence-electron chi connectivity index (χ4n) is 1.99. The van der Waals surface area contributed by atoms with Gasteiger partial charge in [0.05, 0.1) is 20.5 Å². The van der Waals surface area contributed by atoms with Gasteiger partial charge in [-0.05, 0) is 24.3 Å². The fraction of sp³-hybridized carbons (Fsp3) is 0.222. The lowest BCUT2D eigenvalue weighted by Crippen LogP contribution is -2.10. The first kappa shape index (κ1) is 17.3. The molecular weight excluding hydrogens is 312 g/mol. The van der Waals surface area contributed by atoms with Gasteiger partial charge in [0.15, 0.2) is 5.78 Å². The molecule has 0 aliphatic rings. The largest absolute Gasteiger partial charge is 0.496 e. The van der Waals surface area contributed by atoms with E-state index in [0.29, 0.717) is 11.5 Å². The molecule has 0 atom stereocenters. The van der Waals surface area contributed by atoms with Crippen LogP contribution < -0.4 is 14.2 Å². The highest BCUT2D eigenvalue weighted by atomic mass is 16.5. The Bertz CT molecular complexity index is 743. The lowest BCUT2D eigenvalue weighted by Gasteiger charge is -2.13. The molecule has 1 heterocycles. The Kier molecular flexibility index (Phi) is 5.78. The molecule has 0 radical (unpaired) electrons. The minimum absolute atomic E-state index is 0.0899. The third-order valence-electron chi connectivity index (χ3n) is 3.20. The second kappa shape index (κ2) is 8.01. The van der Waals surface area contributed by atoms with E-state index in [0.717, 1.165) is 0 Å². The smallest absolute Gasteiger partial charge is 0.310 e. The zero-order valence-electron chi connectivity index (χ0n) is 13.7. The quantitative estimate of drug-likeness (QED) is 0.335. The summed E-state index contributed by atoms with van der Waals surface area (Å²) in [5, 5.41) is 0. The molecule has 0 N–H and O–H groups in total. The van der Waals surface area contributed by atoms with Crippen molar-refractivity contribution in [2.24, 2.45) is 0 Å². The van der Waals surface area contributed by atoms with Crippen molar-refractivity contribution in [3.8, 4) is 17.2 Å². The van der Waals surface area contributed by atoms with Crippen LogP contribution in [0.15, 0.2) is 41.0 Å². The van der Waals surface area contributed by atoms with Crippen LogP contribution in [0.25, 0.3) is 6.08 Å². The van der Waals surface area contributed by atoms with E-state index >= 15 is 0 Å². The van der Waals surface area contributed by atoms with Crippen molar-refractivity contribution in [2.75, 3.05) is 14.2 Å². The van der Waals surface area contributed by atoms with Gasteiger partial charge in [0.25, 0.3) is 0 Å². The molecule has 0 aliphatic carbocycles. The van der Waals surface area contributed by atoms with E-state index in [4.69, 9.17) is 18.6 Å². The van der Waals surface area contributed by atoms with Crippen molar-refractivity contribution in [1.82, 2.24) is 0 Å². The molecule has 1 aromatic heterocycles. The normalized spacial score (nSPS) is 10.6. The lowest BCUT2D eigenvalue weighted by atomic mass is 10.1. The van der Waals surface area contributed by atoms with Crippen LogP contribution in [0.5, 0.6) is 17.2 Å². The summed E-state index contributed by atoms with van der Waals surface area (Å²) >= 11 is 0. The molecule has 6 nitrogen and oxygen atoms in total. The van der Waals surface area contributed by atoms with E-state index in [1.54, 1.807) is 25.1 Å². The van der Waals surface area contributed by atoms with Gasteiger partial charge in [0.2, 0.25) is 0 Å². The Morgan fingerprint density at radius 3 is 2.50 bits per heavy atom. The maximum absolute atomic E-state index is 12.6. The molecule has 1 aromatic carbocycles. The summed E-state index contributed by atoms with van der Waals surface area (Å²) in [5.41, 5.74) is 0.142. The van der Waals surface area contributed by atoms with Gasteiger partial charge in [-0.2, -0.15) is 0 Å². The number of ether oxygens (including phenoxy) is 3. The second-order valence-electron chi connectivity index (χ2n) is 4.74. The average Bonchev–Trinajstić information content (AvgIpc) is 3.12. The van der Waals surface area contributed by atoms with Gasteiger partial charge >= 0.3 is 5.97 Å². The SMILES string of the molecule is CCC(=O)Oc1cc(OC)cc(OC)c1C(=O)/C=C/c1ccco1. The highest BCUT2D eigenvalue weighted by Crippen LogP contribution is 2.35. The first-order chi connectivity index (χ1) is 11.6. The van der Waals surface area contributed by atoms with Crippen LogP contribution in [0.4, 0.5) is 0 Å². The van der Waals surface area contributed by atoms with E-state index in [-0.39, 0.29) is 29.3 Å². The van der Waals surface area contributed by atoms with Gasteiger partial charge in [-0.25, -0.2) is 0 Å². The van der Waals surface area contributed by atoms with Gasteiger partial charge in [-0.3, -0.25) is 9.59 Å². The number of ketones is 1. The van der Waals surface area contributed by atoms with Gasteiger partial charge in [0.1, 0.15) is 28.6 Å². The molecule has 0 unspecified atom stereocenters. The highest BCUT2D eigenvalue weighted by Gasteiger charge is 2.20. The van der Waals surface area contributed by atoms with Crippen LogP contribution in [0, 0.1) is 0 Å². The number of benzene rings is 1. The summed E-state index contributed by atoms with van der Waals surface area (Å²) in [6, 6.07) is 6.46. The van der Waals surface area contributed by atoms with Crippen molar-refractivity contribution in [2.45, 2.75) is 13.3 Å². The molecule has 24 heavy (non-hydrogen) atoms. The number of furan rings is 1. The standard InChI is InChI=1S/C18H18O6/c1-4-17(20)24-16-11-13(21-2)10-15(22-3)18(16)14(19)8-7-12-6-5-9-23-12/h5-11H,4H2,1-3H3/b8-7+. The minimum atomic E-state index is -0.464. The first-order valence-electron chi connectivity index (χ1n) is 7.31. The van der Waals surface area contributed by atoms with Crippen LogP contribution >= 0.6 is 0 Å². The van der Waals surface area contributed by atoms with Crippen molar-refractivity contribution in [3.63, 3.8) is 0 Å². The topological polar surface area (TPSA) is 75.0 Å². The highest BCUT2D eigenvalue weighted by molar-refractivity contribution is 6.11. The maximum Gasteiger partial charge on any atom is 0.310 e. The third kappa shape index (κ3) is 4.04. The Labute approximate surface area is 139 Å². The number of esters is 1. The van der Waals surface area contributed by atoms with E-state index in [1.165, 1.54) is 38.7 Å². The molecule has 0 saturated carbocycles. The molecule has 0 aliphatic heterocycles. The number of allylic oxidation sites excluding steroid dienone is 1. The number of hydrogen-bond donors (Lipinski definition) is 0. The number of hydrogen-bond acceptors (Lipinski definition) is 6. The summed E-state index contributed by atoms with van der Waals surface area (Å²) in [6.07, 6.45) is 4.53. The Morgan fingerprint density at radius 1 is 1.17 bits per heavy atom. The van der Waals surface area contributed by atoms with Crippen LogP contribution in [0.1, 0.15) is 29.5 Å². The number of methoxy groups -OCH3 is 2. The first-order valence-corrected chi connectivity index (χ1v) is 7.31. The molecule has 126 valence electrons. The third-order valence-corrected chi connectivity index (χ3v) is 3.20. The molecule has 2 aromatic rings. The number of carbonyl (C=O) groups is 2. The van der Waals surface area contributed by atoms with Gasteiger partial charge in [-0.15, -0.1) is 0 Å². The second-order valence-corrected chi connectivity index (χ2v) is 4.74. The summed E-state index contributed by atoms with van der Waals surface area (Å²) in [5.74, 6) is 0.439. The molecule has 0 amide bonds. The monoisotopic (exact) mass is 330 g/mol. The maximum atomic E-state index is 12.6. The van der Waals surface area contributed by atoms with E-state index < -0.39 is 5.97 Å². The van der Waals surface area contributed by atoms with Crippen molar-refractivity contribution >= 4 is 17.8 Å². The molecule has 0 fully saturated rings. The molecule has 0 bridgehead atoms. The van der Waals surface area contributed by atoms with Crippen molar-refractivity contribution in [3.05, 3.63) is 47.9 Å². The van der Waals surface area contributed by atoms with Crippen molar-refractivity contribution < 1.29 is 28.2 Å². The zero-order valence-corrected chi connectivity index (χ0v) is 13.7. The summed E-state index contributed by atoms with van der Waals surface area (Å²) in [6.45, 7) is 1.66. The Morgan fingerprint density at radius 2 is 1.92 bits per heavy atom. The molecule has 0 spiro atoms. The van der Waals surface area contributed by atoms with E-state index in [1.807, 2.05) is 0 Å². The molecular formula is C18H18O6. The van der Waals surface area contributed by atoms with E-state index in [2.05, 4.69) is 0 Å². The average molecular weight is 330 g/mol. The lowest BCUT2D eigenvalue weighted by molar-refractivity contribution is -0.134. The van der Waals surface area contributed by atoms with Crippen molar-refractivity contribution in [1.29, 1.82) is 0 Å². The Hall–Kier alpha value is -3.02. The zero-order chi connectivity index (χ0) is 17.5. The van der Waals surface area contributed by atoms with Gasteiger partial charge < -0.3 is 18.6 Å².